The zero-order valence-corrected chi connectivity index (χ0v) is 10.9. The molecule has 3 nitrogen and oxygen atoms in total. The minimum Gasteiger partial charge on any atom is -0.504 e. The quantitative estimate of drug-likeness (QED) is 0.670. The Hall–Kier alpha value is -2.44. The first-order valence-electron chi connectivity index (χ1n) is 5.86. The molecule has 0 unspecified atom stereocenters. The maximum Gasteiger partial charge on any atom is 0.185 e. The van der Waals surface area contributed by atoms with E-state index in [0.717, 1.165) is 0 Å². The van der Waals surface area contributed by atoms with Gasteiger partial charge in [0.25, 0.3) is 0 Å². The summed E-state index contributed by atoms with van der Waals surface area (Å²) in [5.41, 5.74) is -0.459. The van der Waals surface area contributed by atoms with Gasteiger partial charge in [0.15, 0.2) is 34.8 Å². The summed E-state index contributed by atoms with van der Waals surface area (Å²) in [6.45, 7) is -0.145. The van der Waals surface area contributed by atoms with Gasteiger partial charge in [-0.25, -0.2) is 17.6 Å². The molecule has 0 saturated carbocycles. The number of phenolic OH excluding ortho intramolecular Hbond substituents is 1. The summed E-state index contributed by atoms with van der Waals surface area (Å²) in [5, 5.41) is 11.8. The molecule has 0 atom stereocenters. The fourth-order valence-electron chi connectivity index (χ4n) is 1.76. The van der Waals surface area contributed by atoms with E-state index in [1.54, 1.807) is 0 Å². The highest BCUT2D eigenvalue weighted by Crippen LogP contribution is 2.28. The van der Waals surface area contributed by atoms with Crippen LogP contribution in [0.4, 0.5) is 23.2 Å². The number of nitrogens with one attached hydrogen (secondary N) is 1. The third kappa shape index (κ3) is 3.01. The average Bonchev–Trinajstić information content (AvgIpc) is 2.45. The molecule has 0 aromatic heterocycles. The molecule has 0 radical (unpaired) electrons. The predicted molar refractivity (Wildman–Crippen MR) is 68.3 cm³/mol. The van der Waals surface area contributed by atoms with E-state index in [1.807, 2.05) is 0 Å². The van der Waals surface area contributed by atoms with Crippen molar-refractivity contribution in [1.82, 2.24) is 0 Å². The maximum absolute atomic E-state index is 13.4. The second kappa shape index (κ2) is 5.90. The zero-order chi connectivity index (χ0) is 15.6. The Kier molecular flexibility index (Phi) is 4.21. The maximum atomic E-state index is 13.4. The second-order valence-electron chi connectivity index (χ2n) is 4.20. The van der Waals surface area contributed by atoms with Gasteiger partial charge in [0, 0.05) is 12.6 Å². The van der Waals surface area contributed by atoms with Gasteiger partial charge < -0.3 is 15.2 Å². The van der Waals surface area contributed by atoms with Crippen molar-refractivity contribution >= 4 is 5.69 Å². The van der Waals surface area contributed by atoms with Crippen molar-refractivity contribution in [1.29, 1.82) is 0 Å². The Balaban J connectivity index is 2.22. The molecule has 112 valence electrons. The monoisotopic (exact) mass is 301 g/mol. The molecule has 0 aliphatic heterocycles. The fourth-order valence-corrected chi connectivity index (χ4v) is 1.76. The standard InChI is InChI=1S/C14H11F4NO2/c1-21-11-3-2-7(4-10(11)20)6-19-14-12(17)8(15)5-9(16)13(14)18/h2-5,19-20H,6H2,1H3. The van der Waals surface area contributed by atoms with Crippen LogP contribution in [0.1, 0.15) is 5.56 Å². The number of benzene rings is 2. The van der Waals surface area contributed by atoms with Crippen molar-refractivity contribution in [2.45, 2.75) is 6.54 Å². The van der Waals surface area contributed by atoms with Crippen molar-refractivity contribution in [2.24, 2.45) is 0 Å². The van der Waals surface area contributed by atoms with E-state index >= 15 is 0 Å². The van der Waals surface area contributed by atoms with Gasteiger partial charge in [-0.3, -0.25) is 0 Å². The van der Waals surface area contributed by atoms with Crippen LogP contribution in [-0.2, 0) is 6.54 Å². The van der Waals surface area contributed by atoms with Crippen molar-refractivity contribution in [3.05, 3.63) is 53.1 Å². The smallest absolute Gasteiger partial charge is 0.185 e. The molecular weight excluding hydrogens is 290 g/mol. The van der Waals surface area contributed by atoms with Crippen LogP contribution in [-0.4, -0.2) is 12.2 Å². The minimum atomic E-state index is -1.51. The number of hydrogen-bond acceptors (Lipinski definition) is 3. The average molecular weight is 301 g/mol. The number of phenols is 1. The second-order valence-corrected chi connectivity index (χ2v) is 4.20. The van der Waals surface area contributed by atoms with Crippen LogP contribution in [0.5, 0.6) is 11.5 Å². The number of aromatic hydroxyl groups is 1. The molecule has 0 spiro atoms. The molecule has 2 aromatic carbocycles. The first-order chi connectivity index (χ1) is 9.93. The molecule has 2 aromatic rings. The highest BCUT2D eigenvalue weighted by Gasteiger charge is 2.18. The SMILES string of the molecule is COc1ccc(CNc2c(F)c(F)cc(F)c2F)cc1O. The van der Waals surface area contributed by atoms with Gasteiger partial charge in [0.1, 0.15) is 5.69 Å². The Labute approximate surface area is 117 Å². The van der Waals surface area contributed by atoms with Gasteiger partial charge in [-0.15, -0.1) is 0 Å². The normalized spacial score (nSPS) is 10.5. The van der Waals surface area contributed by atoms with E-state index in [0.29, 0.717) is 5.56 Å². The molecule has 0 amide bonds. The van der Waals surface area contributed by atoms with Crippen molar-refractivity contribution < 1.29 is 27.4 Å². The molecule has 0 aliphatic carbocycles. The zero-order valence-electron chi connectivity index (χ0n) is 10.9. The van der Waals surface area contributed by atoms with Crippen LogP contribution in [0, 0.1) is 23.3 Å². The summed E-state index contributed by atoms with van der Waals surface area (Å²) in [6.07, 6.45) is 0. The molecule has 0 saturated heterocycles. The van der Waals surface area contributed by atoms with E-state index in [2.05, 4.69) is 5.32 Å². The summed E-state index contributed by atoms with van der Waals surface area (Å²) in [5.74, 6) is -5.93. The van der Waals surface area contributed by atoms with Gasteiger partial charge in [-0.05, 0) is 17.7 Å². The number of anilines is 1. The summed E-state index contributed by atoms with van der Waals surface area (Å²) >= 11 is 0. The van der Waals surface area contributed by atoms with Crippen LogP contribution >= 0.6 is 0 Å². The van der Waals surface area contributed by atoms with E-state index in [-0.39, 0.29) is 24.1 Å². The molecule has 0 aliphatic rings. The minimum absolute atomic E-state index is 0.134. The Morgan fingerprint density at radius 2 is 1.67 bits per heavy atom. The van der Waals surface area contributed by atoms with Crippen molar-refractivity contribution in [3.8, 4) is 11.5 Å². The van der Waals surface area contributed by atoms with Gasteiger partial charge in [-0.1, -0.05) is 6.07 Å². The van der Waals surface area contributed by atoms with Gasteiger partial charge >= 0.3 is 0 Å². The Morgan fingerprint density at radius 3 is 2.19 bits per heavy atom. The molecule has 2 N–H and O–H groups in total. The Bertz CT molecular complexity index is 650. The summed E-state index contributed by atoms with van der Waals surface area (Å²) in [4.78, 5) is 0. The largest absolute Gasteiger partial charge is 0.504 e. The summed E-state index contributed by atoms with van der Waals surface area (Å²) in [7, 11) is 1.37. The Morgan fingerprint density at radius 1 is 1.05 bits per heavy atom. The van der Waals surface area contributed by atoms with Gasteiger partial charge in [0.05, 0.1) is 7.11 Å². The van der Waals surface area contributed by atoms with E-state index < -0.39 is 29.0 Å². The molecule has 2 rings (SSSR count). The topological polar surface area (TPSA) is 41.5 Å². The van der Waals surface area contributed by atoms with Crippen molar-refractivity contribution in [2.75, 3.05) is 12.4 Å². The number of rotatable bonds is 4. The van der Waals surface area contributed by atoms with Crippen LogP contribution in [0.15, 0.2) is 24.3 Å². The van der Waals surface area contributed by atoms with Crippen LogP contribution < -0.4 is 10.1 Å². The number of halogens is 4. The van der Waals surface area contributed by atoms with E-state index in [1.165, 1.54) is 25.3 Å². The number of ether oxygens (including phenoxy) is 1. The highest BCUT2D eigenvalue weighted by atomic mass is 19.2. The lowest BCUT2D eigenvalue weighted by Crippen LogP contribution is -2.07. The summed E-state index contributed by atoms with van der Waals surface area (Å²) < 4.78 is 57.8. The van der Waals surface area contributed by atoms with E-state index in [9.17, 15) is 22.7 Å². The lowest BCUT2D eigenvalue weighted by molar-refractivity contribution is 0.373. The van der Waals surface area contributed by atoms with E-state index in [4.69, 9.17) is 4.74 Å². The lowest BCUT2D eigenvalue weighted by atomic mass is 10.2. The first-order valence-corrected chi connectivity index (χ1v) is 5.86. The lowest BCUT2D eigenvalue weighted by Gasteiger charge is -2.11. The van der Waals surface area contributed by atoms with Gasteiger partial charge in [-0.2, -0.15) is 0 Å². The van der Waals surface area contributed by atoms with Crippen LogP contribution in [0.3, 0.4) is 0 Å². The van der Waals surface area contributed by atoms with Gasteiger partial charge in [0.2, 0.25) is 0 Å². The predicted octanol–water partition coefficient (Wildman–Crippen LogP) is 3.57. The molecule has 21 heavy (non-hydrogen) atoms. The number of methoxy groups -OCH3 is 1. The summed E-state index contributed by atoms with van der Waals surface area (Å²) in [6, 6.07) is 4.41. The van der Waals surface area contributed by atoms with Crippen molar-refractivity contribution in [3.63, 3.8) is 0 Å². The third-order valence-electron chi connectivity index (χ3n) is 2.82. The molecule has 0 bridgehead atoms. The molecule has 0 heterocycles. The molecule has 0 fully saturated rings. The highest BCUT2D eigenvalue weighted by molar-refractivity contribution is 5.49. The first kappa shape index (κ1) is 15.0. The van der Waals surface area contributed by atoms with Crippen LogP contribution in [0.25, 0.3) is 0 Å². The van der Waals surface area contributed by atoms with Crippen LogP contribution in [0.2, 0.25) is 0 Å². The fraction of sp³-hybridized carbons (Fsp3) is 0.143. The molecular formula is C14H11F4NO2. The molecule has 7 heteroatoms. The number of hydrogen-bond donors (Lipinski definition) is 2. The third-order valence-corrected chi connectivity index (χ3v) is 2.82.